The third kappa shape index (κ3) is 4.41. The van der Waals surface area contributed by atoms with Gasteiger partial charge in [0, 0.05) is 16.9 Å². The van der Waals surface area contributed by atoms with E-state index in [-0.39, 0.29) is 24.1 Å². The van der Waals surface area contributed by atoms with Crippen molar-refractivity contribution in [1.29, 1.82) is 0 Å². The number of nitrogens with zero attached hydrogens (tertiary/aromatic N) is 3. The van der Waals surface area contributed by atoms with Crippen LogP contribution in [0.1, 0.15) is 11.1 Å². The summed E-state index contributed by atoms with van der Waals surface area (Å²) >= 11 is 5.96. The number of carbonyl (C=O) groups is 1. The molecule has 0 aliphatic heterocycles. The normalized spacial score (nSPS) is 10.9. The van der Waals surface area contributed by atoms with Gasteiger partial charge in [0.2, 0.25) is 5.91 Å². The van der Waals surface area contributed by atoms with Gasteiger partial charge in [0.1, 0.15) is 12.2 Å². The first-order valence-electron chi connectivity index (χ1n) is 9.62. The van der Waals surface area contributed by atoms with E-state index in [2.05, 4.69) is 10.3 Å². The van der Waals surface area contributed by atoms with E-state index >= 15 is 0 Å². The van der Waals surface area contributed by atoms with Crippen molar-refractivity contribution in [2.45, 2.75) is 20.0 Å². The highest BCUT2D eigenvalue weighted by molar-refractivity contribution is 6.30. The molecule has 2 heterocycles. The molecule has 0 radical (unpaired) electrons. The fourth-order valence-corrected chi connectivity index (χ4v) is 3.51. The molecule has 1 amide bonds. The van der Waals surface area contributed by atoms with Gasteiger partial charge in [0.05, 0.1) is 11.9 Å². The van der Waals surface area contributed by atoms with E-state index in [0.29, 0.717) is 10.7 Å². The smallest absolute Gasteiger partial charge is 0.324 e. The molecule has 0 bridgehead atoms. The number of nitrogens with one attached hydrogen (secondary N) is 1. The van der Waals surface area contributed by atoms with Gasteiger partial charge >= 0.3 is 5.69 Å². The van der Waals surface area contributed by atoms with Gasteiger partial charge in [-0.1, -0.05) is 47.5 Å². The topological polar surface area (TPSA) is 86.0 Å². The quantitative estimate of drug-likeness (QED) is 0.522. The van der Waals surface area contributed by atoms with Crippen molar-refractivity contribution < 1.29 is 4.79 Å². The van der Waals surface area contributed by atoms with E-state index < -0.39 is 17.2 Å². The van der Waals surface area contributed by atoms with Crippen LogP contribution >= 0.6 is 11.6 Å². The minimum absolute atomic E-state index is 0.0959. The average molecular weight is 435 g/mol. The fourth-order valence-electron chi connectivity index (χ4n) is 3.32. The van der Waals surface area contributed by atoms with Crippen LogP contribution in [0.5, 0.6) is 0 Å². The van der Waals surface area contributed by atoms with Gasteiger partial charge in [-0.2, -0.15) is 0 Å². The van der Waals surface area contributed by atoms with Crippen molar-refractivity contribution in [2.24, 2.45) is 0 Å². The third-order valence-corrected chi connectivity index (χ3v) is 5.09. The summed E-state index contributed by atoms with van der Waals surface area (Å²) in [6.45, 7) is 1.76. The Kier molecular flexibility index (Phi) is 5.68. The van der Waals surface area contributed by atoms with E-state index in [1.54, 1.807) is 36.4 Å². The lowest BCUT2D eigenvalue weighted by molar-refractivity contribution is -0.116. The number of benzene rings is 2. The van der Waals surface area contributed by atoms with E-state index in [1.807, 2.05) is 31.2 Å². The summed E-state index contributed by atoms with van der Waals surface area (Å²) in [4.78, 5) is 43.0. The molecule has 1 N–H and O–H groups in total. The molecule has 0 saturated heterocycles. The number of halogens is 1. The molecule has 0 aliphatic rings. The van der Waals surface area contributed by atoms with Crippen molar-refractivity contribution in [1.82, 2.24) is 14.1 Å². The number of hydrogen-bond acceptors (Lipinski definition) is 4. The Balaban J connectivity index is 1.75. The molecule has 4 aromatic rings. The largest absolute Gasteiger partial charge is 0.333 e. The fraction of sp³-hybridized carbons (Fsp3) is 0.130. The number of amides is 1. The molecule has 0 saturated carbocycles. The Bertz CT molecular complexity index is 1390. The lowest BCUT2D eigenvalue weighted by Gasteiger charge is -2.14. The van der Waals surface area contributed by atoms with Gasteiger partial charge in [-0.25, -0.2) is 9.78 Å². The lowest BCUT2D eigenvalue weighted by Crippen LogP contribution is -2.42. The minimum Gasteiger partial charge on any atom is -0.324 e. The Morgan fingerprint density at radius 1 is 1.03 bits per heavy atom. The molecule has 156 valence electrons. The van der Waals surface area contributed by atoms with Crippen molar-refractivity contribution in [2.75, 3.05) is 5.32 Å². The zero-order valence-electron chi connectivity index (χ0n) is 16.7. The predicted molar refractivity (Wildman–Crippen MR) is 121 cm³/mol. The van der Waals surface area contributed by atoms with Crippen LogP contribution in [0.4, 0.5) is 5.69 Å². The van der Waals surface area contributed by atoms with Gasteiger partial charge < -0.3 is 5.32 Å². The molecular formula is C23H19ClN4O3. The van der Waals surface area contributed by atoms with Gasteiger partial charge in [-0.05, 0) is 42.8 Å². The zero-order valence-corrected chi connectivity index (χ0v) is 17.5. The molecule has 0 unspecified atom stereocenters. The number of aromatic nitrogens is 3. The summed E-state index contributed by atoms with van der Waals surface area (Å²) < 4.78 is 2.34. The Labute approximate surface area is 182 Å². The van der Waals surface area contributed by atoms with Crippen LogP contribution in [0.15, 0.2) is 76.4 Å². The van der Waals surface area contributed by atoms with Crippen LogP contribution < -0.4 is 16.6 Å². The number of carbonyl (C=O) groups excluding carboxylic acids is 1. The maximum Gasteiger partial charge on any atom is 0.333 e. The second-order valence-electron chi connectivity index (χ2n) is 7.18. The molecule has 0 atom stereocenters. The second kappa shape index (κ2) is 8.57. The highest BCUT2D eigenvalue weighted by Gasteiger charge is 2.16. The highest BCUT2D eigenvalue weighted by atomic mass is 35.5. The zero-order chi connectivity index (χ0) is 22.0. The van der Waals surface area contributed by atoms with Crippen molar-refractivity contribution in [3.8, 4) is 0 Å². The Morgan fingerprint density at radius 3 is 2.55 bits per heavy atom. The van der Waals surface area contributed by atoms with Crippen LogP contribution in [0.2, 0.25) is 5.02 Å². The Morgan fingerprint density at radius 2 is 1.81 bits per heavy atom. The van der Waals surface area contributed by atoms with Crippen LogP contribution in [0, 0.1) is 6.92 Å². The van der Waals surface area contributed by atoms with Gasteiger partial charge in [0.25, 0.3) is 5.56 Å². The van der Waals surface area contributed by atoms with Crippen LogP contribution in [0.25, 0.3) is 11.0 Å². The number of fused-ring (bicyclic) bond motifs is 1. The molecule has 7 nitrogen and oxygen atoms in total. The van der Waals surface area contributed by atoms with Crippen molar-refractivity contribution in [3.63, 3.8) is 0 Å². The summed E-state index contributed by atoms with van der Waals surface area (Å²) in [6.07, 6.45) is 1.48. The van der Waals surface area contributed by atoms with E-state index in [0.717, 1.165) is 15.7 Å². The molecule has 0 fully saturated rings. The Hall–Kier alpha value is -3.71. The van der Waals surface area contributed by atoms with Gasteiger partial charge in [-0.3, -0.25) is 18.7 Å². The monoisotopic (exact) mass is 434 g/mol. The maximum absolute atomic E-state index is 13.2. The van der Waals surface area contributed by atoms with Crippen LogP contribution in [0.3, 0.4) is 0 Å². The molecule has 31 heavy (non-hydrogen) atoms. The van der Waals surface area contributed by atoms with Crippen molar-refractivity contribution >= 4 is 34.2 Å². The SMILES string of the molecule is Cc1ccc(Cn2c(=O)c3cccnc3n(CC(=O)Nc3cccc(Cl)c3)c2=O)cc1. The standard InChI is InChI=1S/C23H19ClN4O3/c1-15-7-9-16(10-8-15)13-28-22(30)19-6-3-11-25-21(19)27(23(28)31)14-20(29)26-18-5-2-4-17(24)12-18/h2-12H,13-14H2,1H3,(H,26,29). The molecular weight excluding hydrogens is 416 g/mol. The summed E-state index contributed by atoms with van der Waals surface area (Å²) in [6, 6.07) is 17.5. The van der Waals surface area contributed by atoms with Gasteiger partial charge in [0.15, 0.2) is 0 Å². The summed E-state index contributed by atoms with van der Waals surface area (Å²) in [5, 5.41) is 3.46. The maximum atomic E-state index is 13.2. The number of rotatable bonds is 5. The van der Waals surface area contributed by atoms with Gasteiger partial charge in [-0.15, -0.1) is 0 Å². The average Bonchev–Trinajstić information content (AvgIpc) is 2.75. The number of aryl methyl sites for hydroxylation is 1. The summed E-state index contributed by atoms with van der Waals surface area (Å²) in [5.41, 5.74) is 1.52. The van der Waals surface area contributed by atoms with E-state index in [4.69, 9.17) is 11.6 Å². The second-order valence-corrected chi connectivity index (χ2v) is 7.62. The first-order valence-corrected chi connectivity index (χ1v) is 9.99. The van der Waals surface area contributed by atoms with E-state index in [9.17, 15) is 14.4 Å². The molecule has 0 aliphatic carbocycles. The molecule has 8 heteroatoms. The van der Waals surface area contributed by atoms with Crippen LogP contribution in [-0.2, 0) is 17.9 Å². The van der Waals surface area contributed by atoms with Crippen LogP contribution in [-0.4, -0.2) is 20.0 Å². The summed E-state index contributed by atoms with van der Waals surface area (Å²) in [7, 11) is 0. The van der Waals surface area contributed by atoms with E-state index in [1.165, 1.54) is 10.8 Å². The number of anilines is 1. The molecule has 2 aromatic carbocycles. The first-order chi connectivity index (χ1) is 14.9. The van der Waals surface area contributed by atoms with Crippen molar-refractivity contribution in [3.05, 3.63) is 104 Å². The summed E-state index contributed by atoms with van der Waals surface area (Å²) in [5.74, 6) is -0.433. The molecule has 2 aromatic heterocycles. The minimum atomic E-state index is -0.599. The predicted octanol–water partition coefficient (Wildman–Crippen LogP) is 3.21. The highest BCUT2D eigenvalue weighted by Crippen LogP contribution is 2.15. The molecule has 4 rings (SSSR count). The lowest BCUT2D eigenvalue weighted by atomic mass is 10.1. The first kappa shape index (κ1) is 20.6. The molecule has 0 spiro atoms. The number of pyridine rings is 1. The third-order valence-electron chi connectivity index (χ3n) is 4.85. The number of hydrogen-bond donors (Lipinski definition) is 1.